The van der Waals surface area contributed by atoms with Crippen LogP contribution in [0.25, 0.3) is 5.57 Å². The summed E-state index contributed by atoms with van der Waals surface area (Å²) in [5.74, 6) is 4.18. The van der Waals surface area contributed by atoms with Gasteiger partial charge in [-0.2, -0.15) is 0 Å². The minimum Gasteiger partial charge on any atom is -0.117 e. The summed E-state index contributed by atoms with van der Waals surface area (Å²) in [4.78, 5) is 0. The Morgan fingerprint density at radius 3 is 2.45 bits per heavy atom. The van der Waals surface area contributed by atoms with Crippen molar-refractivity contribution in [3.8, 4) is 0 Å². The maximum Gasteiger partial charge on any atom is 0.172 e. The summed E-state index contributed by atoms with van der Waals surface area (Å²) in [6.45, 7) is 0. The standard InChI is InChI=1S/C10H8B/c1-2-4-9(5-3-1)10-6-7-11-8-10/h1-8H. The highest BCUT2D eigenvalue weighted by Gasteiger charge is 1.99. The van der Waals surface area contributed by atoms with Gasteiger partial charge < -0.3 is 0 Å². The molecule has 0 saturated carbocycles. The summed E-state index contributed by atoms with van der Waals surface area (Å²) in [5, 5.41) is 0. The van der Waals surface area contributed by atoms with Gasteiger partial charge in [-0.05, 0) is 11.1 Å². The Morgan fingerprint density at radius 1 is 1.00 bits per heavy atom. The minimum absolute atomic E-state index is 1.29. The summed E-state index contributed by atoms with van der Waals surface area (Å²) in [6, 6.07) is 10.4. The Morgan fingerprint density at radius 2 is 1.82 bits per heavy atom. The molecule has 0 unspecified atom stereocenters. The summed E-state index contributed by atoms with van der Waals surface area (Å²) in [6.07, 6.45) is 2.12. The topological polar surface area (TPSA) is 0 Å². The van der Waals surface area contributed by atoms with E-state index in [0.717, 1.165) is 0 Å². The third-order valence-corrected chi connectivity index (χ3v) is 1.77. The fourth-order valence-corrected chi connectivity index (χ4v) is 1.20. The van der Waals surface area contributed by atoms with Gasteiger partial charge in [0.25, 0.3) is 0 Å². The maximum atomic E-state index is 2.12. The van der Waals surface area contributed by atoms with Crippen LogP contribution in [0.4, 0.5) is 0 Å². The molecular formula is C10H8B. The van der Waals surface area contributed by atoms with E-state index in [2.05, 4.69) is 49.6 Å². The van der Waals surface area contributed by atoms with Crippen molar-refractivity contribution >= 4 is 12.9 Å². The molecule has 0 fully saturated rings. The molecule has 1 aromatic rings. The highest BCUT2D eigenvalue weighted by Crippen LogP contribution is 2.17. The Labute approximate surface area is 67.5 Å². The molecule has 1 heteroatoms. The Balaban J connectivity index is 2.37. The molecule has 1 radical (unpaired) electrons. The van der Waals surface area contributed by atoms with Crippen LogP contribution in [0.1, 0.15) is 5.56 Å². The van der Waals surface area contributed by atoms with Crippen LogP contribution in [-0.2, 0) is 0 Å². The zero-order chi connectivity index (χ0) is 7.52. The van der Waals surface area contributed by atoms with Crippen LogP contribution in [-0.4, -0.2) is 7.28 Å². The van der Waals surface area contributed by atoms with E-state index in [4.69, 9.17) is 0 Å². The molecule has 0 N–H and O–H groups in total. The predicted molar refractivity (Wildman–Crippen MR) is 49.3 cm³/mol. The zero-order valence-corrected chi connectivity index (χ0v) is 6.20. The van der Waals surface area contributed by atoms with E-state index >= 15 is 0 Å². The first-order valence-corrected chi connectivity index (χ1v) is 3.74. The van der Waals surface area contributed by atoms with Crippen molar-refractivity contribution in [3.05, 3.63) is 53.9 Å². The molecular weight excluding hydrogens is 131 g/mol. The molecule has 0 nitrogen and oxygen atoms in total. The zero-order valence-electron chi connectivity index (χ0n) is 6.20. The summed E-state index contributed by atoms with van der Waals surface area (Å²) in [5.41, 5.74) is 2.59. The van der Waals surface area contributed by atoms with Gasteiger partial charge >= 0.3 is 0 Å². The highest BCUT2D eigenvalue weighted by atomic mass is 14.0. The lowest BCUT2D eigenvalue weighted by atomic mass is 9.82. The first-order chi connectivity index (χ1) is 5.47. The van der Waals surface area contributed by atoms with Crippen molar-refractivity contribution < 1.29 is 0 Å². The Bertz CT molecular complexity index is 296. The van der Waals surface area contributed by atoms with Crippen LogP contribution >= 0.6 is 0 Å². The van der Waals surface area contributed by atoms with Gasteiger partial charge in [-0.1, -0.05) is 36.4 Å². The number of benzene rings is 1. The van der Waals surface area contributed by atoms with Crippen LogP contribution in [0.2, 0.25) is 0 Å². The van der Waals surface area contributed by atoms with E-state index in [9.17, 15) is 0 Å². The smallest absolute Gasteiger partial charge is 0.117 e. The molecule has 0 spiro atoms. The summed E-state index contributed by atoms with van der Waals surface area (Å²) in [7, 11) is 2.06. The third-order valence-electron chi connectivity index (χ3n) is 1.77. The van der Waals surface area contributed by atoms with Crippen LogP contribution in [0.5, 0.6) is 0 Å². The Kier molecular flexibility index (Phi) is 1.64. The van der Waals surface area contributed by atoms with Crippen molar-refractivity contribution in [2.75, 3.05) is 0 Å². The van der Waals surface area contributed by atoms with Crippen LogP contribution < -0.4 is 0 Å². The molecule has 11 heavy (non-hydrogen) atoms. The molecule has 0 atom stereocenters. The predicted octanol–water partition coefficient (Wildman–Crippen LogP) is 2.26. The quantitative estimate of drug-likeness (QED) is 0.523. The summed E-state index contributed by atoms with van der Waals surface area (Å²) < 4.78 is 0. The monoisotopic (exact) mass is 139 g/mol. The van der Waals surface area contributed by atoms with Gasteiger partial charge in [-0.15, -0.1) is 12.0 Å². The third kappa shape index (κ3) is 1.27. The molecule has 0 saturated heterocycles. The first-order valence-electron chi connectivity index (χ1n) is 3.74. The first kappa shape index (κ1) is 6.47. The van der Waals surface area contributed by atoms with Gasteiger partial charge in [-0.3, -0.25) is 0 Å². The van der Waals surface area contributed by atoms with Crippen LogP contribution in [0.15, 0.2) is 48.4 Å². The van der Waals surface area contributed by atoms with E-state index in [1.54, 1.807) is 0 Å². The number of hydrogen-bond donors (Lipinski definition) is 0. The molecule has 0 amide bonds. The summed E-state index contributed by atoms with van der Waals surface area (Å²) >= 11 is 0. The molecule has 0 bridgehead atoms. The van der Waals surface area contributed by atoms with Crippen molar-refractivity contribution in [2.45, 2.75) is 0 Å². The number of rotatable bonds is 1. The SMILES string of the molecule is [B]1C=CC(c2ccccc2)=C1. The highest BCUT2D eigenvalue weighted by molar-refractivity contribution is 6.52. The molecule has 1 aliphatic heterocycles. The van der Waals surface area contributed by atoms with Gasteiger partial charge in [0, 0.05) is 0 Å². The fourth-order valence-electron chi connectivity index (χ4n) is 1.20. The van der Waals surface area contributed by atoms with Crippen LogP contribution in [0.3, 0.4) is 0 Å². The lowest BCUT2D eigenvalue weighted by molar-refractivity contribution is 1.63. The second-order valence-electron chi connectivity index (χ2n) is 2.54. The van der Waals surface area contributed by atoms with Crippen molar-refractivity contribution in [3.63, 3.8) is 0 Å². The van der Waals surface area contributed by atoms with E-state index in [0.29, 0.717) is 0 Å². The lowest BCUT2D eigenvalue weighted by Gasteiger charge is -1.97. The number of hydrogen-bond acceptors (Lipinski definition) is 0. The van der Waals surface area contributed by atoms with Gasteiger partial charge in [0.1, 0.15) is 0 Å². The molecule has 1 aliphatic rings. The average molecular weight is 139 g/mol. The van der Waals surface area contributed by atoms with E-state index in [1.165, 1.54) is 11.1 Å². The molecule has 1 aromatic carbocycles. The van der Waals surface area contributed by atoms with Gasteiger partial charge in [0.05, 0.1) is 0 Å². The Hall–Kier alpha value is -1.24. The largest absolute Gasteiger partial charge is 0.172 e. The maximum absolute atomic E-state index is 2.12. The normalized spacial score (nSPS) is 14.4. The van der Waals surface area contributed by atoms with E-state index in [1.807, 2.05) is 6.07 Å². The molecule has 2 rings (SSSR count). The molecule has 1 heterocycles. The van der Waals surface area contributed by atoms with Gasteiger partial charge in [-0.25, -0.2) is 0 Å². The van der Waals surface area contributed by atoms with Crippen molar-refractivity contribution in [1.82, 2.24) is 0 Å². The number of allylic oxidation sites excluding steroid dienone is 2. The molecule has 0 aromatic heterocycles. The lowest BCUT2D eigenvalue weighted by Crippen LogP contribution is -1.76. The van der Waals surface area contributed by atoms with Gasteiger partial charge in [0.2, 0.25) is 0 Å². The second-order valence-corrected chi connectivity index (χ2v) is 2.54. The van der Waals surface area contributed by atoms with E-state index in [-0.39, 0.29) is 0 Å². The van der Waals surface area contributed by atoms with Crippen molar-refractivity contribution in [1.29, 1.82) is 0 Å². The molecule has 51 valence electrons. The van der Waals surface area contributed by atoms with Crippen LogP contribution in [0, 0.1) is 0 Å². The molecule has 0 aliphatic carbocycles. The average Bonchev–Trinajstić information content (AvgIpc) is 2.58. The second kappa shape index (κ2) is 2.79. The van der Waals surface area contributed by atoms with Crippen molar-refractivity contribution in [2.24, 2.45) is 0 Å². The fraction of sp³-hybridized carbons (Fsp3) is 0. The van der Waals surface area contributed by atoms with Gasteiger partial charge in [0.15, 0.2) is 7.28 Å². The van der Waals surface area contributed by atoms with E-state index < -0.39 is 0 Å². The minimum atomic E-state index is 1.29.